The largest absolute Gasteiger partial charge is 0.456 e. The molecule has 0 fully saturated rings. The van der Waals surface area contributed by atoms with Gasteiger partial charge in [-0.2, -0.15) is 0 Å². The number of hydrogen-bond acceptors (Lipinski definition) is 2. The van der Waals surface area contributed by atoms with Gasteiger partial charge in [0.25, 0.3) is 0 Å². The lowest BCUT2D eigenvalue weighted by molar-refractivity contribution is 0.459. The van der Waals surface area contributed by atoms with Crippen molar-refractivity contribution in [2.24, 2.45) is 5.73 Å². The van der Waals surface area contributed by atoms with Gasteiger partial charge in [0.2, 0.25) is 0 Å². The Labute approximate surface area is 118 Å². The molecule has 0 heterocycles. The quantitative estimate of drug-likeness (QED) is 0.898. The van der Waals surface area contributed by atoms with E-state index in [0.717, 1.165) is 17.7 Å². The third-order valence-electron chi connectivity index (χ3n) is 2.60. The maximum atomic E-state index is 13.1. The van der Waals surface area contributed by atoms with Gasteiger partial charge < -0.3 is 10.5 Å². The molecule has 0 radical (unpaired) electrons. The molecule has 1 unspecified atom stereocenters. The first-order valence-electron chi connectivity index (χ1n) is 5.65. The number of nitrogens with two attached hydrogens (primary N) is 1. The topological polar surface area (TPSA) is 35.2 Å². The predicted molar refractivity (Wildman–Crippen MR) is 73.2 cm³/mol. The Kier molecular flexibility index (Phi) is 4.17. The van der Waals surface area contributed by atoms with Crippen LogP contribution in [-0.4, -0.2) is 0 Å². The summed E-state index contributed by atoms with van der Waals surface area (Å²) in [5.74, 6) is -1.11. The molecule has 0 saturated carbocycles. The van der Waals surface area contributed by atoms with Gasteiger partial charge in [0, 0.05) is 12.1 Å². The summed E-state index contributed by atoms with van der Waals surface area (Å²) in [6.45, 7) is 1.87. The highest BCUT2D eigenvalue weighted by Crippen LogP contribution is 2.32. The molecule has 2 N–H and O–H groups in total. The lowest BCUT2D eigenvalue weighted by Gasteiger charge is -2.11. The van der Waals surface area contributed by atoms with E-state index >= 15 is 0 Å². The Bertz CT molecular complexity index is 602. The summed E-state index contributed by atoms with van der Waals surface area (Å²) in [5, 5.41) is 0. The average molecular weight is 328 g/mol. The molecule has 0 aromatic heterocycles. The van der Waals surface area contributed by atoms with E-state index in [0.29, 0.717) is 10.2 Å². The van der Waals surface area contributed by atoms with Crippen LogP contribution in [0.3, 0.4) is 0 Å². The van der Waals surface area contributed by atoms with Gasteiger partial charge in [-0.15, -0.1) is 0 Å². The minimum absolute atomic E-state index is 0.0892. The normalized spacial score (nSPS) is 12.3. The van der Waals surface area contributed by atoms with E-state index in [1.165, 1.54) is 6.07 Å². The minimum atomic E-state index is -0.944. The lowest BCUT2D eigenvalue weighted by atomic mass is 10.1. The SMILES string of the molecule is CC(N)c1ccc(Oc2ccc(F)c(F)c2)c(Br)c1. The van der Waals surface area contributed by atoms with Gasteiger partial charge in [-0.05, 0) is 52.7 Å². The van der Waals surface area contributed by atoms with Crippen molar-refractivity contribution in [3.63, 3.8) is 0 Å². The molecule has 0 spiro atoms. The molecule has 19 heavy (non-hydrogen) atoms. The van der Waals surface area contributed by atoms with Crippen LogP contribution in [0.1, 0.15) is 18.5 Å². The smallest absolute Gasteiger partial charge is 0.162 e. The molecule has 100 valence electrons. The molecule has 0 saturated heterocycles. The van der Waals surface area contributed by atoms with Crippen LogP contribution in [0.25, 0.3) is 0 Å². The highest BCUT2D eigenvalue weighted by molar-refractivity contribution is 9.10. The Morgan fingerprint density at radius 3 is 2.42 bits per heavy atom. The molecule has 2 aromatic rings. The molecule has 0 bridgehead atoms. The molecule has 0 amide bonds. The third kappa shape index (κ3) is 3.30. The van der Waals surface area contributed by atoms with Crippen molar-refractivity contribution >= 4 is 15.9 Å². The molecule has 2 rings (SSSR count). The van der Waals surface area contributed by atoms with Crippen LogP contribution < -0.4 is 10.5 Å². The van der Waals surface area contributed by atoms with Crippen LogP contribution >= 0.6 is 15.9 Å². The number of hydrogen-bond donors (Lipinski definition) is 1. The molecular formula is C14H12BrF2NO. The van der Waals surface area contributed by atoms with Crippen molar-refractivity contribution in [1.29, 1.82) is 0 Å². The number of benzene rings is 2. The molecule has 5 heteroatoms. The van der Waals surface area contributed by atoms with E-state index in [2.05, 4.69) is 15.9 Å². The fourth-order valence-corrected chi connectivity index (χ4v) is 2.03. The van der Waals surface area contributed by atoms with Gasteiger partial charge in [0.15, 0.2) is 11.6 Å². The van der Waals surface area contributed by atoms with Gasteiger partial charge in [-0.3, -0.25) is 0 Å². The summed E-state index contributed by atoms with van der Waals surface area (Å²) < 4.78 is 32.1. The van der Waals surface area contributed by atoms with E-state index < -0.39 is 11.6 Å². The molecular weight excluding hydrogens is 316 g/mol. The second kappa shape index (κ2) is 5.67. The molecule has 0 aliphatic heterocycles. The molecule has 1 atom stereocenters. The van der Waals surface area contributed by atoms with E-state index in [9.17, 15) is 8.78 Å². The molecule has 2 aromatic carbocycles. The fourth-order valence-electron chi connectivity index (χ4n) is 1.55. The predicted octanol–water partition coefficient (Wildman–Crippen LogP) is 4.54. The van der Waals surface area contributed by atoms with Crippen molar-refractivity contribution in [1.82, 2.24) is 0 Å². The second-order valence-corrected chi connectivity index (χ2v) is 5.01. The third-order valence-corrected chi connectivity index (χ3v) is 3.22. The number of ether oxygens (including phenoxy) is 1. The standard InChI is InChI=1S/C14H12BrF2NO/c1-8(18)9-2-5-14(11(15)6-9)19-10-3-4-12(16)13(17)7-10/h2-8H,18H2,1H3. The molecule has 0 aliphatic carbocycles. The summed E-state index contributed by atoms with van der Waals surface area (Å²) in [5.41, 5.74) is 6.72. The van der Waals surface area contributed by atoms with Crippen molar-refractivity contribution in [2.45, 2.75) is 13.0 Å². The fraction of sp³-hybridized carbons (Fsp3) is 0.143. The van der Waals surface area contributed by atoms with Crippen LogP contribution in [0.4, 0.5) is 8.78 Å². The van der Waals surface area contributed by atoms with Crippen LogP contribution in [0, 0.1) is 11.6 Å². The van der Waals surface area contributed by atoms with Crippen LogP contribution in [0.15, 0.2) is 40.9 Å². The van der Waals surface area contributed by atoms with Gasteiger partial charge in [-0.1, -0.05) is 6.07 Å². The Balaban J connectivity index is 2.25. The zero-order valence-electron chi connectivity index (χ0n) is 10.2. The lowest BCUT2D eigenvalue weighted by Crippen LogP contribution is -2.04. The molecule has 2 nitrogen and oxygen atoms in total. The number of halogens is 3. The zero-order valence-corrected chi connectivity index (χ0v) is 11.7. The summed E-state index contributed by atoms with van der Waals surface area (Å²) in [6.07, 6.45) is 0. The monoisotopic (exact) mass is 327 g/mol. The van der Waals surface area contributed by atoms with Crippen LogP contribution in [0.5, 0.6) is 11.5 Å². The van der Waals surface area contributed by atoms with E-state index in [1.54, 1.807) is 6.07 Å². The van der Waals surface area contributed by atoms with Gasteiger partial charge >= 0.3 is 0 Å². The Hall–Kier alpha value is -1.46. The van der Waals surface area contributed by atoms with E-state index in [1.807, 2.05) is 19.1 Å². The first-order chi connectivity index (χ1) is 8.97. The second-order valence-electron chi connectivity index (χ2n) is 4.16. The van der Waals surface area contributed by atoms with Gasteiger partial charge in [-0.25, -0.2) is 8.78 Å². The highest BCUT2D eigenvalue weighted by Gasteiger charge is 2.08. The first-order valence-corrected chi connectivity index (χ1v) is 6.44. The first kappa shape index (κ1) is 14.0. The number of rotatable bonds is 3. The maximum Gasteiger partial charge on any atom is 0.162 e. The van der Waals surface area contributed by atoms with Gasteiger partial charge in [0.1, 0.15) is 11.5 Å². The van der Waals surface area contributed by atoms with E-state index in [-0.39, 0.29) is 11.8 Å². The van der Waals surface area contributed by atoms with Crippen LogP contribution in [-0.2, 0) is 0 Å². The summed E-state index contributed by atoms with van der Waals surface area (Å²) in [6, 6.07) is 8.68. The van der Waals surface area contributed by atoms with Crippen molar-refractivity contribution < 1.29 is 13.5 Å². The summed E-state index contributed by atoms with van der Waals surface area (Å²) >= 11 is 3.36. The summed E-state index contributed by atoms with van der Waals surface area (Å²) in [4.78, 5) is 0. The highest BCUT2D eigenvalue weighted by atomic mass is 79.9. The maximum absolute atomic E-state index is 13.1. The van der Waals surface area contributed by atoms with Crippen molar-refractivity contribution in [3.8, 4) is 11.5 Å². The van der Waals surface area contributed by atoms with Crippen molar-refractivity contribution in [3.05, 3.63) is 58.1 Å². The van der Waals surface area contributed by atoms with E-state index in [4.69, 9.17) is 10.5 Å². The van der Waals surface area contributed by atoms with Crippen molar-refractivity contribution in [2.75, 3.05) is 0 Å². The summed E-state index contributed by atoms with van der Waals surface area (Å²) in [7, 11) is 0. The van der Waals surface area contributed by atoms with Crippen LogP contribution in [0.2, 0.25) is 0 Å². The zero-order chi connectivity index (χ0) is 14.0. The Morgan fingerprint density at radius 1 is 1.11 bits per heavy atom. The van der Waals surface area contributed by atoms with Gasteiger partial charge in [0.05, 0.1) is 4.47 Å². The minimum Gasteiger partial charge on any atom is -0.456 e. The average Bonchev–Trinajstić information content (AvgIpc) is 2.36. The molecule has 0 aliphatic rings. The Morgan fingerprint density at radius 2 is 1.84 bits per heavy atom.